The second-order valence-electron chi connectivity index (χ2n) is 4.58. The number of benzene rings is 2. The van der Waals surface area contributed by atoms with Crippen LogP contribution >= 0.6 is 0 Å². The van der Waals surface area contributed by atoms with Gasteiger partial charge in [0.05, 0.1) is 0 Å². The predicted octanol–water partition coefficient (Wildman–Crippen LogP) is 2.98. The van der Waals surface area contributed by atoms with E-state index in [4.69, 9.17) is 5.73 Å². The number of aryl methyl sites for hydroxylation is 1. The van der Waals surface area contributed by atoms with Gasteiger partial charge in [0.1, 0.15) is 0 Å². The molecule has 2 aromatic rings. The van der Waals surface area contributed by atoms with E-state index in [-0.39, 0.29) is 5.78 Å². The Balaban J connectivity index is 2.32. The molecule has 0 aliphatic rings. The Bertz CT molecular complexity index is 558. The van der Waals surface area contributed by atoms with Crippen LogP contribution in [0, 0.1) is 0 Å². The molecule has 2 aromatic carbocycles. The lowest BCUT2D eigenvalue weighted by molar-refractivity contribution is 0.103. The van der Waals surface area contributed by atoms with Crippen molar-refractivity contribution in [2.45, 2.75) is 19.8 Å². The van der Waals surface area contributed by atoms with Crippen LogP contribution in [0.5, 0.6) is 0 Å². The Morgan fingerprint density at radius 1 is 1.05 bits per heavy atom. The van der Waals surface area contributed by atoms with E-state index in [1.807, 2.05) is 48.5 Å². The quantitative estimate of drug-likeness (QED) is 0.832. The zero-order valence-electron chi connectivity index (χ0n) is 11.2. The Kier molecular flexibility index (Phi) is 4.48. The largest absolute Gasteiger partial charge is 0.330 e. The van der Waals surface area contributed by atoms with E-state index in [1.54, 1.807) is 0 Å². The van der Waals surface area contributed by atoms with Crippen molar-refractivity contribution in [1.29, 1.82) is 0 Å². The molecule has 0 heterocycles. The molecule has 0 saturated heterocycles. The minimum atomic E-state index is 0.0757. The molecule has 0 aromatic heterocycles. The van der Waals surface area contributed by atoms with Crippen LogP contribution in [0.1, 0.15) is 34.0 Å². The molecule has 0 spiro atoms. The van der Waals surface area contributed by atoms with E-state index in [0.29, 0.717) is 6.54 Å². The van der Waals surface area contributed by atoms with E-state index >= 15 is 0 Å². The predicted molar refractivity (Wildman–Crippen MR) is 78.5 cm³/mol. The molecule has 19 heavy (non-hydrogen) atoms. The minimum absolute atomic E-state index is 0.0757. The van der Waals surface area contributed by atoms with Crippen molar-refractivity contribution in [1.82, 2.24) is 0 Å². The van der Waals surface area contributed by atoms with Gasteiger partial charge < -0.3 is 5.73 Å². The van der Waals surface area contributed by atoms with Gasteiger partial charge >= 0.3 is 0 Å². The van der Waals surface area contributed by atoms with E-state index < -0.39 is 0 Å². The zero-order valence-corrected chi connectivity index (χ0v) is 11.2. The third-order valence-corrected chi connectivity index (χ3v) is 3.30. The van der Waals surface area contributed by atoms with Crippen molar-refractivity contribution in [3.63, 3.8) is 0 Å². The van der Waals surface area contributed by atoms with Crippen molar-refractivity contribution in [2.24, 2.45) is 5.73 Å². The first-order valence-corrected chi connectivity index (χ1v) is 6.68. The minimum Gasteiger partial charge on any atom is -0.330 e. The molecular formula is C17H19NO. The van der Waals surface area contributed by atoms with Gasteiger partial charge in [0.25, 0.3) is 0 Å². The van der Waals surface area contributed by atoms with Crippen LogP contribution < -0.4 is 5.73 Å². The molecular weight excluding hydrogens is 234 g/mol. The second-order valence-corrected chi connectivity index (χ2v) is 4.58. The van der Waals surface area contributed by atoms with Crippen molar-refractivity contribution in [3.05, 3.63) is 70.8 Å². The van der Waals surface area contributed by atoms with E-state index in [0.717, 1.165) is 29.5 Å². The third-order valence-electron chi connectivity index (χ3n) is 3.30. The SMILES string of the molecule is CCc1ccc(C(=O)c2ccccc2CCN)cc1. The smallest absolute Gasteiger partial charge is 0.193 e. The van der Waals surface area contributed by atoms with Crippen molar-refractivity contribution in [3.8, 4) is 0 Å². The van der Waals surface area contributed by atoms with Crippen LogP contribution in [-0.4, -0.2) is 12.3 Å². The lowest BCUT2D eigenvalue weighted by atomic mass is 9.96. The number of carbonyl (C=O) groups is 1. The molecule has 0 aliphatic heterocycles. The van der Waals surface area contributed by atoms with Crippen LogP contribution in [0.15, 0.2) is 48.5 Å². The summed E-state index contributed by atoms with van der Waals surface area (Å²) in [7, 11) is 0. The maximum Gasteiger partial charge on any atom is 0.193 e. The highest BCUT2D eigenvalue weighted by Crippen LogP contribution is 2.16. The van der Waals surface area contributed by atoms with Gasteiger partial charge in [0.2, 0.25) is 0 Å². The molecule has 98 valence electrons. The molecule has 2 heteroatoms. The molecule has 2 rings (SSSR count). The van der Waals surface area contributed by atoms with Crippen molar-refractivity contribution >= 4 is 5.78 Å². The molecule has 0 saturated carbocycles. The van der Waals surface area contributed by atoms with E-state index in [1.165, 1.54) is 5.56 Å². The van der Waals surface area contributed by atoms with Crippen LogP contribution in [0.2, 0.25) is 0 Å². The van der Waals surface area contributed by atoms with Crippen LogP contribution in [0.3, 0.4) is 0 Å². The first kappa shape index (κ1) is 13.5. The summed E-state index contributed by atoms with van der Waals surface area (Å²) >= 11 is 0. The molecule has 0 amide bonds. The first-order chi connectivity index (χ1) is 9.26. The summed E-state index contributed by atoms with van der Waals surface area (Å²) in [6.45, 7) is 2.66. The number of hydrogen-bond donors (Lipinski definition) is 1. The summed E-state index contributed by atoms with van der Waals surface area (Å²) in [6.07, 6.45) is 1.72. The Morgan fingerprint density at radius 3 is 2.37 bits per heavy atom. The average molecular weight is 253 g/mol. The number of ketones is 1. The highest BCUT2D eigenvalue weighted by molar-refractivity contribution is 6.09. The Labute approximate surface area is 114 Å². The van der Waals surface area contributed by atoms with Gasteiger partial charge in [-0.05, 0) is 30.5 Å². The standard InChI is InChI=1S/C17H19NO/c1-2-13-7-9-15(10-8-13)17(19)16-6-4-3-5-14(16)11-12-18/h3-10H,2,11-12,18H2,1H3. The van der Waals surface area contributed by atoms with Gasteiger partial charge in [0.15, 0.2) is 5.78 Å². The third kappa shape index (κ3) is 3.09. The lowest BCUT2D eigenvalue weighted by Crippen LogP contribution is -2.09. The van der Waals surface area contributed by atoms with E-state index in [2.05, 4.69) is 6.92 Å². The van der Waals surface area contributed by atoms with Gasteiger partial charge in [-0.3, -0.25) is 4.79 Å². The molecule has 0 atom stereocenters. The summed E-state index contributed by atoms with van der Waals surface area (Å²) < 4.78 is 0. The molecule has 0 aliphatic carbocycles. The Hall–Kier alpha value is -1.93. The molecule has 0 fully saturated rings. The lowest BCUT2D eigenvalue weighted by Gasteiger charge is -2.08. The van der Waals surface area contributed by atoms with Gasteiger partial charge in [-0.1, -0.05) is 55.5 Å². The van der Waals surface area contributed by atoms with Gasteiger partial charge in [-0.2, -0.15) is 0 Å². The summed E-state index contributed by atoms with van der Waals surface area (Å²) in [4.78, 5) is 12.5. The summed E-state index contributed by atoms with van der Waals surface area (Å²) in [5.74, 6) is 0.0757. The summed E-state index contributed by atoms with van der Waals surface area (Å²) in [6, 6.07) is 15.5. The van der Waals surface area contributed by atoms with Crippen molar-refractivity contribution in [2.75, 3.05) is 6.54 Å². The fraction of sp³-hybridized carbons (Fsp3) is 0.235. The van der Waals surface area contributed by atoms with Crippen LogP contribution in [0.4, 0.5) is 0 Å². The number of nitrogens with two attached hydrogens (primary N) is 1. The normalized spacial score (nSPS) is 10.4. The molecule has 0 unspecified atom stereocenters. The average Bonchev–Trinajstić information content (AvgIpc) is 2.47. The summed E-state index contributed by atoms with van der Waals surface area (Å²) in [5, 5.41) is 0. The first-order valence-electron chi connectivity index (χ1n) is 6.68. The maximum atomic E-state index is 12.5. The molecule has 0 bridgehead atoms. The fourth-order valence-electron chi connectivity index (χ4n) is 2.16. The van der Waals surface area contributed by atoms with E-state index in [9.17, 15) is 4.79 Å². The van der Waals surface area contributed by atoms with Gasteiger partial charge in [-0.15, -0.1) is 0 Å². The topological polar surface area (TPSA) is 43.1 Å². The molecule has 2 nitrogen and oxygen atoms in total. The second kappa shape index (κ2) is 6.30. The monoisotopic (exact) mass is 253 g/mol. The molecule has 0 radical (unpaired) electrons. The maximum absolute atomic E-state index is 12.5. The highest BCUT2D eigenvalue weighted by atomic mass is 16.1. The number of hydrogen-bond acceptors (Lipinski definition) is 2. The fourth-order valence-corrected chi connectivity index (χ4v) is 2.16. The van der Waals surface area contributed by atoms with Crippen LogP contribution in [-0.2, 0) is 12.8 Å². The summed E-state index contributed by atoms with van der Waals surface area (Å²) in [5.41, 5.74) is 9.36. The van der Waals surface area contributed by atoms with Gasteiger partial charge in [0, 0.05) is 11.1 Å². The Morgan fingerprint density at radius 2 is 1.74 bits per heavy atom. The number of carbonyl (C=O) groups excluding carboxylic acids is 1. The zero-order chi connectivity index (χ0) is 13.7. The number of rotatable bonds is 5. The van der Waals surface area contributed by atoms with Gasteiger partial charge in [-0.25, -0.2) is 0 Å². The van der Waals surface area contributed by atoms with Crippen LogP contribution in [0.25, 0.3) is 0 Å². The molecule has 2 N–H and O–H groups in total. The van der Waals surface area contributed by atoms with Crippen molar-refractivity contribution < 1.29 is 4.79 Å². The highest BCUT2D eigenvalue weighted by Gasteiger charge is 2.12.